The molecule has 0 saturated carbocycles. The first-order valence-electron chi connectivity index (χ1n) is 10.6. The van der Waals surface area contributed by atoms with Crippen molar-refractivity contribution in [3.05, 3.63) is 70.4 Å². The van der Waals surface area contributed by atoms with Gasteiger partial charge in [0, 0.05) is 29.6 Å². The minimum absolute atomic E-state index is 0.0920. The van der Waals surface area contributed by atoms with Gasteiger partial charge in [0.05, 0.1) is 19.4 Å². The van der Waals surface area contributed by atoms with Crippen molar-refractivity contribution in [3.8, 4) is 11.5 Å². The highest BCUT2D eigenvalue weighted by Crippen LogP contribution is 2.36. The summed E-state index contributed by atoms with van der Waals surface area (Å²) in [6.07, 6.45) is 2.68. The number of hydrogen-bond acceptors (Lipinski definition) is 6. The number of nitrogens with one attached hydrogen (secondary N) is 2. The van der Waals surface area contributed by atoms with E-state index in [1.54, 1.807) is 7.11 Å². The summed E-state index contributed by atoms with van der Waals surface area (Å²) in [6.45, 7) is 4.88. The van der Waals surface area contributed by atoms with Crippen LogP contribution in [0.2, 0.25) is 0 Å². The number of aromatic amines is 1. The molecule has 166 valence electrons. The summed E-state index contributed by atoms with van der Waals surface area (Å²) in [5.74, 6) is 1.12. The maximum Gasteiger partial charge on any atom is 0.264 e. The first kappa shape index (κ1) is 21.8. The third-order valence-corrected chi connectivity index (χ3v) is 6.22. The van der Waals surface area contributed by atoms with Gasteiger partial charge in [-0.1, -0.05) is 35.7 Å². The Bertz CT molecular complexity index is 1220. The van der Waals surface area contributed by atoms with Crippen molar-refractivity contribution in [3.63, 3.8) is 0 Å². The summed E-state index contributed by atoms with van der Waals surface area (Å²) in [6, 6.07) is 14.1. The first-order valence-corrected chi connectivity index (χ1v) is 11.4. The molecular formula is C24H26N4O3S. The summed E-state index contributed by atoms with van der Waals surface area (Å²) in [5.41, 5.74) is 3.90. The van der Waals surface area contributed by atoms with Crippen LogP contribution in [0.25, 0.3) is 10.9 Å². The van der Waals surface area contributed by atoms with Crippen LogP contribution in [-0.2, 0) is 6.42 Å². The topological polar surface area (TPSA) is 89.1 Å². The Hall–Kier alpha value is -3.39. The van der Waals surface area contributed by atoms with Crippen molar-refractivity contribution < 1.29 is 14.3 Å². The minimum atomic E-state index is -0.153. The molecule has 32 heavy (non-hydrogen) atoms. The molecule has 0 spiro atoms. The fourth-order valence-electron chi connectivity index (χ4n) is 3.85. The molecule has 0 aliphatic heterocycles. The lowest BCUT2D eigenvalue weighted by atomic mass is 9.90. The van der Waals surface area contributed by atoms with Crippen LogP contribution in [0, 0.1) is 0 Å². The minimum Gasteiger partial charge on any atom is -0.493 e. The van der Waals surface area contributed by atoms with E-state index in [0.29, 0.717) is 35.9 Å². The second-order valence-corrected chi connectivity index (χ2v) is 8.05. The van der Waals surface area contributed by atoms with E-state index in [1.165, 1.54) is 0 Å². The summed E-state index contributed by atoms with van der Waals surface area (Å²) < 4.78 is 15.2. The molecule has 1 unspecified atom stereocenters. The number of nitrogens with zero attached hydrogens (tertiary/aromatic N) is 2. The van der Waals surface area contributed by atoms with Crippen molar-refractivity contribution in [2.75, 3.05) is 20.3 Å². The summed E-state index contributed by atoms with van der Waals surface area (Å²) in [7, 11) is 1.63. The third kappa shape index (κ3) is 4.31. The van der Waals surface area contributed by atoms with Crippen molar-refractivity contribution in [2.24, 2.45) is 0 Å². The largest absolute Gasteiger partial charge is 0.493 e. The molecule has 4 aromatic rings. The summed E-state index contributed by atoms with van der Waals surface area (Å²) >= 11 is 1.13. The van der Waals surface area contributed by atoms with E-state index in [4.69, 9.17) is 9.47 Å². The van der Waals surface area contributed by atoms with Gasteiger partial charge in [0.15, 0.2) is 11.5 Å². The van der Waals surface area contributed by atoms with Crippen molar-refractivity contribution >= 4 is 28.3 Å². The zero-order valence-corrected chi connectivity index (χ0v) is 19.2. The molecule has 8 heteroatoms. The van der Waals surface area contributed by atoms with E-state index in [9.17, 15) is 4.79 Å². The van der Waals surface area contributed by atoms with Gasteiger partial charge in [0.2, 0.25) is 0 Å². The Morgan fingerprint density at radius 3 is 2.81 bits per heavy atom. The van der Waals surface area contributed by atoms with Gasteiger partial charge < -0.3 is 19.8 Å². The smallest absolute Gasteiger partial charge is 0.264 e. The monoisotopic (exact) mass is 450 g/mol. The lowest BCUT2D eigenvalue weighted by molar-refractivity contribution is 0.0955. The van der Waals surface area contributed by atoms with Crippen LogP contribution in [0.1, 0.15) is 46.3 Å². The number of hydrogen-bond donors (Lipinski definition) is 2. The fourth-order valence-corrected chi connectivity index (χ4v) is 4.52. The van der Waals surface area contributed by atoms with Crippen LogP contribution in [0.4, 0.5) is 0 Å². The summed E-state index contributed by atoms with van der Waals surface area (Å²) in [4.78, 5) is 16.8. The Labute approximate surface area is 190 Å². The Morgan fingerprint density at radius 2 is 2.03 bits per heavy atom. The van der Waals surface area contributed by atoms with Crippen molar-refractivity contribution in [2.45, 2.75) is 26.2 Å². The van der Waals surface area contributed by atoms with Crippen LogP contribution in [0.5, 0.6) is 11.5 Å². The second-order valence-electron chi connectivity index (χ2n) is 7.30. The molecule has 4 rings (SSSR count). The number of amides is 1. The zero-order chi connectivity index (χ0) is 22.5. The van der Waals surface area contributed by atoms with E-state index in [-0.39, 0.29) is 11.8 Å². The molecule has 7 nitrogen and oxygen atoms in total. The predicted molar refractivity (Wildman–Crippen MR) is 126 cm³/mol. The van der Waals surface area contributed by atoms with Crippen LogP contribution in [-0.4, -0.2) is 40.7 Å². The number of aromatic nitrogens is 3. The molecule has 0 aliphatic rings. The lowest BCUT2D eigenvalue weighted by Gasteiger charge is -2.20. The Balaban J connectivity index is 1.70. The Morgan fingerprint density at radius 1 is 1.19 bits per heavy atom. The molecule has 2 aromatic carbocycles. The predicted octanol–water partition coefficient (Wildman–Crippen LogP) is 4.55. The average molecular weight is 451 g/mol. The van der Waals surface area contributed by atoms with Gasteiger partial charge in [0.1, 0.15) is 4.88 Å². The molecule has 2 aromatic heterocycles. The first-order chi connectivity index (χ1) is 15.7. The molecule has 2 heterocycles. The van der Waals surface area contributed by atoms with Crippen LogP contribution in [0.15, 0.2) is 48.7 Å². The molecule has 0 bridgehead atoms. The fraction of sp³-hybridized carbons (Fsp3) is 0.292. The lowest BCUT2D eigenvalue weighted by Crippen LogP contribution is -2.29. The number of ether oxygens (including phenoxy) is 2. The van der Waals surface area contributed by atoms with Gasteiger partial charge in [-0.3, -0.25) is 4.79 Å². The van der Waals surface area contributed by atoms with Gasteiger partial charge in [-0.25, -0.2) is 0 Å². The van der Waals surface area contributed by atoms with Gasteiger partial charge >= 0.3 is 0 Å². The van der Waals surface area contributed by atoms with E-state index < -0.39 is 0 Å². The highest BCUT2D eigenvalue weighted by Gasteiger charge is 2.22. The number of para-hydroxylation sites is 1. The van der Waals surface area contributed by atoms with Gasteiger partial charge in [-0.2, -0.15) is 0 Å². The van der Waals surface area contributed by atoms with E-state index in [0.717, 1.165) is 39.3 Å². The van der Waals surface area contributed by atoms with Crippen LogP contribution < -0.4 is 14.8 Å². The van der Waals surface area contributed by atoms with E-state index >= 15 is 0 Å². The number of carbonyl (C=O) groups excluding carboxylic acids is 1. The van der Waals surface area contributed by atoms with E-state index in [1.807, 2.05) is 56.4 Å². The molecule has 0 fully saturated rings. The van der Waals surface area contributed by atoms with E-state index in [2.05, 4.69) is 26.0 Å². The third-order valence-electron chi connectivity index (χ3n) is 5.45. The SMILES string of the molecule is CCOc1ccc(C(CNC(=O)c2snnc2CC)c2c[nH]c3ccccc23)cc1OC. The van der Waals surface area contributed by atoms with Crippen molar-refractivity contribution in [1.29, 1.82) is 0 Å². The second kappa shape index (κ2) is 9.82. The number of rotatable bonds is 9. The van der Waals surface area contributed by atoms with Crippen molar-refractivity contribution in [1.82, 2.24) is 19.9 Å². The highest BCUT2D eigenvalue weighted by molar-refractivity contribution is 7.08. The number of H-pyrrole nitrogens is 1. The number of fused-ring (bicyclic) bond motifs is 1. The van der Waals surface area contributed by atoms with Crippen LogP contribution in [0.3, 0.4) is 0 Å². The molecule has 0 aliphatic carbocycles. The molecule has 2 N–H and O–H groups in total. The maximum atomic E-state index is 12.9. The standard InChI is InChI=1S/C24H26N4O3S/c1-4-19-23(32-28-27-19)24(29)26-13-17(18-14-25-20-9-7-6-8-16(18)20)15-10-11-21(31-5-2)22(12-15)30-3/h6-12,14,17,25H,4-5,13H2,1-3H3,(H,26,29). The molecule has 0 radical (unpaired) electrons. The maximum absolute atomic E-state index is 12.9. The number of methoxy groups -OCH3 is 1. The normalized spacial score (nSPS) is 12.0. The zero-order valence-electron chi connectivity index (χ0n) is 18.3. The molecule has 0 saturated heterocycles. The average Bonchev–Trinajstić information content (AvgIpc) is 3.47. The molecule has 1 amide bonds. The van der Waals surface area contributed by atoms with Gasteiger partial charge in [-0.15, -0.1) is 5.10 Å². The molecular weight excluding hydrogens is 424 g/mol. The number of carbonyl (C=O) groups is 1. The quantitative estimate of drug-likeness (QED) is 0.390. The number of benzene rings is 2. The molecule has 1 atom stereocenters. The van der Waals surface area contributed by atoms with Gasteiger partial charge in [0.25, 0.3) is 5.91 Å². The Kier molecular flexibility index (Phi) is 6.70. The van der Waals surface area contributed by atoms with Crippen LogP contribution >= 0.6 is 11.5 Å². The van der Waals surface area contributed by atoms with Gasteiger partial charge in [-0.05, 0) is 54.2 Å². The summed E-state index contributed by atoms with van der Waals surface area (Å²) in [5, 5.41) is 8.27. The number of aryl methyl sites for hydroxylation is 1. The highest BCUT2D eigenvalue weighted by atomic mass is 32.1.